The highest BCUT2D eigenvalue weighted by molar-refractivity contribution is 9.10. The molecule has 1 aliphatic rings. The molecule has 4 nitrogen and oxygen atoms in total. The summed E-state index contributed by atoms with van der Waals surface area (Å²) in [4.78, 5) is 3.96. The van der Waals surface area contributed by atoms with E-state index >= 15 is 0 Å². The molecule has 0 N–H and O–H groups in total. The maximum Gasteiger partial charge on any atom is 0.246 e. The summed E-state index contributed by atoms with van der Waals surface area (Å²) in [6, 6.07) is 1.45. The van der Waals surface area contributed by atoms with Crippen LogP contribution in [0, 0.1) is 0 Å². The first-order valence-corrected chi connectivity index (χ1v) is 9.44. The van der Waals surface area contributed by atoms with Crippen LogP contribution in [-0.2, 0) is 10.0 Å². The molecule has 0 amide bonds. The van der Waals surface area contributed by atoms with Crippen molar-refractivity contribution in [2.24, 2.45) is 0 Å². The first-order chi connectivity index (χ1) is 8.84. The van der Waals surface area contributed by atoms with Gasteiger partial charge in [0.1, 0.15) is 10.0 Å². The van der Waals surface area contributed by atoms with Gasteiger partial charge in [-0.15, -0.1) is 0 Å². The van der Waals surface area contributed by atoms with Crippen molar-refractivity contribution >= 4 is 49.3 Å². The number of hydrogen-bond donors (Lipinski definition) is 0. The molecule has 106 valence electrons. The Labute approximate surface area is 131 Å². The van der Waals surface area contributed by atoms with Crippen LogP contribution in [0.1, 0.15) is 13.8 Å². The number of rotatable bonds is 2. The highest BCUT2D eigenvalue weighted by Gasteiger charge is 2.36. The van der Waals surface area contributed by atoms with Crippen molar-refractivity contribution in [1.29, 1.82) is 0 Å². The third-order valence-corrected chi connectivity index (χ3v) is 7.37. The molecule has 2 atom stereocenters. The average Bonchev–Trinajstić information content (AvgIpc) is 2.35. The zero-order chi connectivity index (χ0) is 14.2. The topological polar surface area (TPSA) is 50.3 Å². The SMILES string of the molecule is CC1SCCN(S(=O)(=O)c2cc(Br)cnc2Cl)C1C. The predicted octanol–water partition coefficient (Wildman–Crippen LogP) is 3.01. The fraction of sp³-hybridized carbons (Fsp3) is 0.545. The van der Waals surface area contributed by atoms with Crippen molar-refractivity contribution in [3.8, 4) is 0 Å². The lowest BCUT2D eigenvalue weighted by atomic mass is 10.2. The number of thioether (sulfide) groups is 1. The van der Waals surface area contributed by atoms with Crippen molar-refractivity contribution in [3.05, 3.63) is 21.9 Å². The normalized spacial score (nSPS) is 25.5. The molecule has 1 aromatic rings. The van der Waals surface area contributed by atoms with Gasteiger partial charge in [-0.2, -0.15) is 16.1 Å². The molecule has 0 radical (unpaired) electrons. The van der Waals surface area contributed by atoms with E-state index in [0.717, 1.165) is 5.75 Å². The van der Waals surface area contributed by atoms with Gasteiger partial charge in [0, 0.05) is 34.3 Å². The van der Waals surface area contributed by atoms with Gasteiger partial charge in [0.25, 0.3) is 0 Å². The second kappa shape index (κ2) is 5.89. The molecule has 0 bridgehead atoms. The summed E-state index contributed by atoms with van der Waals surface area (Å²) in [5, 5.41) is 0.281. The average molecular weight is 386 g/mol. The standard InChI is InChI=1S/C11H14BrClN2O2S2/c1-7-8(2)18-4-3-15(7)19(16,17)10-5-9(12)6-14-11(10)13/h5-8H,3-4H2,1-2H3. The summed E-state index contributed by atoms with van der Waals surface area (Å²) >= 11 is 11.0. The van der Waals surface area contributed by atoms with Crippen LogP contribution in [0.3, 0.4) is 0 Å². The van der Waals surface area contributed by atoms with E-state index in [9.17, 15) is 8.42 Å². The maximum absolute atomic E-state index is 12.7. The number of aromatic nitrogens is 1. The third-order valence-electron chi connectivity index (χ3n) is 3.19. The predicted molar refractivity (Wildman–Crippen MR) is 82.2 cm³/mol. The number of halogens is 2. The Morgan fingerprint density at radius 3 is 2.89 bits per heavy atom. The van der Waals surface area contributed by atoms with Gasteiger partial charge in [-0.25, -0.2) is 13.4 Å². The molecule has 1 saturated heterocycles. The van der Waals surface area contributed by atoms with Crippen molar-refractivity contribution < 1.29 is 8.42 Å². The number of hydrogen-bond acceptors (Lipinski definition) is 4. The second-order valence-corrected chi connectivity index (χ2v) is 8.99. The second-order valence-electron chi connectivity index (χ2n) is 4.37. The van der Waals surface area contributed by atoms with E-state index in [-0.39, 0.29) is 21.3 Å². The monoisotopic (exact) mass is 384 g/mol. The van der Waals surface area contributed by atoms with E-state index in [1.54, 1.807) is 11.8 Å². The van der Waals surface area contributed by atoms with Crippen LogP contribution in [0.5, 0.6) is 0 Å². The minimum Gasteiger partial charge on any atom is -0.242 e. The van der Waals surface area contributed by atoms with Crippen LogP contribution in [-0.4, -0.2) is 41.3 Å². The van der Waals surface area contributed by atoms with Gasteiger partial charge in [0.15, 0.2) is 0 Å². The van der Waals surface area contributed by atoms with Gasteiger partial charge in [0.2, 0.25) is 10.0 Å². The van der Waals surface area contributed by atoms with E-state index in [1.165, 1.54) is 16.6 Å². The summed E-state index contributed by atoms with van der Waals surface area (Å²) in [7, 11) is -3.60. The first kappa shape index (κ1) is 15.6. The molecule has 0 spiro atoms. The zero-order valence-electron chi connectivity index (χ0n) is 10.5. The molecular formula is C11H14BrClN2O2S2. The zero-order valence-corrected chi connectivity index (χ0v) is 14.5. The van der Waals surface area contributed by atoms with Crippen LogP contribution in [0.25, 0.3) is 0 Å². The Kier molecular flexibility index (Phi) is 4.83. The molecule has 0 aromatic carbocycles. The molecule has 19 heavy (non-hydrogen) atoms. The molecule has 2 heterocycles. The first-order valence-electron chi connectivity index (χ1n) is 5.78. The summed E-state index contributed by atoms with van der Waals surface area (Å²) in [6.07, 6.45) is 1.49. The number of nitrogens with zero attached hydrogens (tertiary/aromatic N) is 2. The summed E-state index contributed by atoms with van der Waals surface area (Å²) in [5.74, 6) is 0.795. The Morgan fingerprint density at radius 1 is 1.53 bits per heavy atom. The molecule has 1 aliphatic heterocycles. The fourth-order valence-corrected chi connectivity index (χ4v) is 5.87. The lowest BCUT2D eigenvalue weighted by Gasteiger charge is -2.36. The van der Waals surface area contributed by atoms with Crippen LogP contribution < -0.4 is 0 Å². The summed E-state index contributed by atoms with van der Waals surface area (Å²) in [5.41, 5.74) is 0. The van der Waals surface area contributed by atoms with Crippen molar-refractivity contribution in [2.75, 3.05) is 12.3 Å². The lowest BCUT2D eigenvalue weighted by Crippen LogP contribution is -2.47. The molecule has 2 rings (SSSR count). The van der Waals surface area contributed by atoms with Crippen LogP contribution in [0.4, 0.5) is 0 Å². The molecule has 2 unspecified atom stereocenters. The van der Waals surface area contributed by atoms with Crippen LogP contribution in [0.2, 0.25) is 5.15 Å². The minimum absolute atomic E-state index is 0.0151. The van der Waals surface area contributed by atoms with Gasteiger partial charge in [-0.1, -0.05) is 18.5 Å². The number of pyridine rings is 1. The molecule has 1 aromatic heterocycles. The van der Waals surface area contributed by atoms with Gasteiger partial charge in [-0.05, 0) is 28.9 Å². The third kappa shape index (κ3) is 3.10. The van der Waals surface area contributed by atoms with Gasteiger partial charge in [0.05, 0.1) is 0 Å². The van der Waals surface area contributed by atoms with Gasteiger partial charge in [-0.3, -0.25) is 0 Å². The van der Waals surface area contributed by atoms with E-state index in [1.807, 2.05) is 13.8 Å². The largest absolute Gasteiger partial charge is 0.246 e. The smallest absolute Gasteiger partial charge is 0.242 e. The highest BCUT2D eigenvalue weighted by atomic mass is 79.9. The molecule has 1 fully saturated rings. The van der Waals surface area contributed by atoms with E-state index < -0.39 is 10.0 Å². The van der Waals surface area contributed by atoms with E-state index in [2.05, 4.69) is 20.9 Å². The highest BCUT2D eigenvalue weighted by Crippen LogP contribution is 2.32. The maximum atomic E-state index is 12.7. The minimum atomic E-state index is -3.60. The van der Waals surface area contributed by atoms with Crippen molar-refractivity contribution in [1.82, 2.24) is 9.29 Å². The Bertz CT molecular complexity index is 582. The quantitative estimate of drug-likeness (QED) is 0.734. The summed E-state index contributed by atoms with van der Waals surface area (Å²) in [6.45, 7) is 4.47. The molecular weight excluding hydrogens is 372 g/mol. The fourth-order valence-electron chi connectivity index (χ4n) is 1.96. The van der Waals surface area contributed by atoms with E-state index in [0.29, 0.717) is 11.0 Å². The Balaban J connectivity index is 2.44. The Hall–Kier alpha value is 0.180. The van der Waals surface area contributed by atoms with Crippen LogP contribution >= 0.6 is 39.3 Å². The van der Waals surface area contributed by atoms with Gasteiger partial charge < -0.3 is 0 Å². The molecule has 0 aliphatic carbocycles. The van der Waals surface area contributed by atoms with E-state index in [4.69, 9.17) is 11.6 Å². The summed E-state index contributed by atoms with van der Waals surface area (Å²) < 4.78 is 27.5. The molecule has 0 saturated carbocycles. The van der Waals surface area contributed by atoms with Crippen molar-refractivity contribution in [3.63, 3.8) is 0 Å². The lowest BCUT2D eigenvalue weighted by molar-refractivity contribution is 0.340. The molecule has 8 heteroatoms. The Morgan fingerprint density at radius 2 is 2.21 bits per heavy atom. The van der Waals surface area contributed by atoms with Crippen LogP contribution in [0.15, 0.2) is 21.6 Å². The van der Waals surface area contributed by atoms with Gasteiger partial charge >= 0.3 is 0 Å². The number of sulfonamides is 1. The van der Waals surface area contributed by atoms with Crippen molar-refractivity contribution in [2.45, 2.75) is 30.0 Å².